The molecule has 2 aromatic carbocycles. The van der Waals surface area contributed by atoms with Gasteiger partial charge < -0.3 is 0 Å². The van der Waals surface area contributed by atoms with Gasteiger partial charge in [0, 0.05) is 16.3 Å². The highest BCUT2D eigenvalue weighted by molar-refractivity contribution is 7.99. The highest BCUT2D eigenvalue weighted by Gasteiger charge is 2.12. The Morgan fingerprint density at radius 3 is 2.64 bits per heavy atom. The number of amides is 1. The molecule has 2 aromatic rings. The maximum absolute atomic E-state index is 12.0. The Kier molecular flexibility index (Phi) is 6.49. The second kappa shape index (κ2) is 8.61. The number of benzene rings is 2. The average Bonchev–Trinajstić information content (AvgIpc) is 2.55. The van der Waals surface area contributed by atoms with Gasteiger partial charge >= 0.3 is 0 Å². The van der Waals surface area contributed by atoms with Gasteiger partial charge in [0.2, 0.25) is 0 Å². The maximum atomic E-state index is 12.0. The van der Waals surface area contributed by atoms with Crippen LogP contribution in [0.4, 0.5) is 0 Å². The van der Waals surface area contributed by atoms with Gasteiger partial charge in [-0.25, -0.2) is 5.43 Å². The van der Waals surface area contributed by atoms with Crippen LogP contribution in [0, 0.1) is 0 Å². The summed E-state index contributed by atoms with van der Waals surface area (Å²) in [6.07, 6.45) is 1.55. The molecule has 0 spiro atoms. The van der Waals surface area contributed by atoms with E-state index in [-0.39, 0.29) is 11.2 Å². The summed E-state index contributed by atoms with van der Waals surface area (Å²) < 4.78 is 0. The van der Waals surface area contributed by atoms with Crippen molar-refractivity contribution in [2.75, 3.05) is 0 Å². The van der Waals surface area contributed by atoms with E-state index in [0.29, 0.717) is 5.02 Å². The topological polar surface area (TPSA) is 41.5 Å². The number of carbonyl (C=O) groups excluding carboxylic acids is 1. The number of carbonyl (C=O) groups is 1. The van der Waals surface area contributed by atoms with Crippen molar-refractivity contribution in [2.24, 2.45) is 5.10 Å². The third-order valence-electron chi connectivity index (χ3n) is 3.00. The molecule has 0 radical (unpaired) electrons. The monoisotopic (exact) mass is 332 g/mol. The summed E-state index contributed by atoms with van der Waals surface area (Å²) in [6, 6.07) is 17.4. The largest absolute Gasteiger partial charge is 0.272 e. The van der Waals surface area contributed by atoms with E-state index in [1.54, 1.807) is 24.0 Å². The molecule has 0 aromatic heterocycles. The maximum Gasteiger partial charge on any atom is 0.252 e. The molecule has 22 heavy (non-hydrogen) atoms. The van der Waals surface area contributed by atoms with Crippen molar-refractivity contribution < 1.29 is 4.79 Å². The number of hydrogen-bond donors (Lipinski definition) is 1. The quantitative estimate of drug-likeness (QED) is 0.639. The van der Waals surface area contributed by atoms with Gasteiger partial charge in [-0.05, 0) is 18.6 Å². The van der Waals surface area contributed by atoms with Gasteiger partial charge in [0.1, 0.15) is 0 Å². The Bertz CT molecular complexity index is 646. The van der Waals surface area contributed by atoms with Crippen LogP contribution in [0.1, 0.15) is 18.1 Å². The van der Waals surface area contributed by atoms with E-state index in [1.165, 1.54) is 5.56 Å². The van der Waals surface area contributed by atoms with Crippen molar-refractivity contribution in [3.63, 3.8) is 0 Å². The molecule has 1 atom stereocenters. The fourth-order valence-electron chi connectivity index (χ4n) is 1.71. The van der Waals surface area contributed by atoms with Crippen LogP contribution in [-0.2, 0) is 10.5 Å². The molecule has 0 saturated heterocycles. The third kappa shape index (κ3) is 5.20. The number of hydrazone groups is 1. The summed E-state index contributed by atoms with van der Waals surface area (Å²) in [5.74, 6) is 0.674. The van der Waals surface area contributed by atoms with Crippen LogP contribution in [0.25, 0.3) is 0 Å². The minimum Gasteiger partial charge on any atom is -0.272 e. The third-order valence-corrected chi connectivity index (χ3v) is 4.55. The zero-order valence-corrected chi connectivity index (χ0v) is 13.8. The molecule has 0 aliphatic heterocycles. The van der Waals surface area contributed by atoms with Crippen LogP contribution < -0.4 is 5.43 Å². The number of hydrogen-bond acceptors (Lipinski definition) is 3. The van der Waals surface area contributed by atoms with Crippen molar-refractivity contribution in [1.29, 1.82) is 0 Å². The molecule has 1 N–H and O–H groups in total. The average molecular weight is 333 g/mol. The van der Waals surface area contributed by atoms with Crippen LogP contribution in [0.15, 0.2) is 59.7 Å². The number of nitrogens with one attached hydrogen (secondary N) is 1. The zero-order chi connectivity index (χ0) is 15.8. The van der Waals surface area contributed by atoms with E-state index >= 15 is 0 Å². The van der Waals surface area contributed by atoms with Gasteiger partial charge in [-0.15, -0.1) is 11.8 Å². The molecule has 0 heterocycles. The van der Waals surface area contributed by atoms with Gasteiger partial charge in [0.15, 0.2) is 0 Å². The lowest BCUT2D eigenvalue weighted by Crippen LogP contribution is -2.27. The minimum atomic E-state index is -0.177. The highest BCUT2D eigenvalue weighted by atomic mass is 35.5. The summed E-state index contributed by atoms with van der Waals surface area (Å²) >= 11 is 7.59. The van der Waals surface area contributed by atoms with Gasteiger partial charge in [0.25, 0.3) is 5.91 Å². The standard InChI is InChI=1S/C17H17ClN2OS/c1-13(22-12-14-7-3-2-4-8-14)17(21)20-19-11-15-9-5-6-10-16(15)18/h2-11,13H,12H2,1H3,(H,20,21)/b19-11-/t13-/m0/s1. The summed E-state index contributed by atoms with van der Waals surface area (Å²) in [6.45, 7) is 1.87. The molecule has 0 bridgehead atoms. The molecule has 2 rings (SSSR count). The smallest absolute Gasteiger partial charge is 0.252 e. The summed E-state index contributed by atoms with van der Waals surface area (Å²) in [5.41, 5.74) is 4.52. The molecule has 1 amide bonds. The number of thioether (sulfide) groups is 1. The molecule has 3 nitrogen and oxygen atoms in total. The Hall–Kier alpha value is -1.78. The summed E-state index contributed by atoms with van der Waals surface area (Å²) in [5, 5.41) is 4.38. The summed E-state index contributed by atoms with van der Waals surface area (Å²) in [7, 11) is 0. The lowest BCUT2D eigenvalue weighted by Gasteiger charge is -2.09. The van der Waals surface area contributed by atoms with E-state index in [9.17, 15) is 4.79 Å². The van der Waals surface area contributed by atoms with E-state index in [1.807, 2.05) is 55.5 Å². The van der Waals surface area contributed by atoms with Crippen molar-refractivity contribution in [1.82, 2.24) is 5.43 Å². The zero-order valence-electron chi connectivity index (χ0n) is 12.2. The minimum absolute atomic E-state index is 0.121. The number of halogens is 1. The van der Waals surface area contributed by atoms with Gasteiger partial charge in [-0.3, -0.25) is 4.79 Å². The SMILES string of the molecule is C[C@H](SCc1ccccc1)C(=O)N/N=C\c1ccccc1Cl. The Balaban J connectivity index is 1.80. The first-order valence-electron chi connectivity index (χ1n) is 6.90. The molecule has 5 heteroatoms. The Morgan fingerprint density at radius 2 is 1.91 bits per heavy atom. The normalized spacial score (nSPS) is 12.3. The lowest BCUT2D eigenvalue weighted by atomic mass is 10.2. The molecule has 0 saturated carbocycles. The van der Waals surface area contributed by atoms with E-state index < -0.39 is 0 Å². The Labute approximate surface area is 139 Å². The first kappa shape index (κ1) is 16.6. The van der Waals surface area contributed by atoms with Crippen LogP contribution >= 0.6 is 23.4 Å². The molecule has 0 aliphatic carbocycles. The predicted octanol–water partition coefficient (Wildman–Crippen LogP) is 4.11. The van der Waals surface area contributed by atoms with Crippen LogP contribution in [-0.4, -0.2) is 17.4 Å². The van der Waals surface area contributed by atoms with Gasteiger partial charge in [0.05, 0.1) is 11.5 Å². The second-order valence-electron chi connectivity index (χ2n) is 4.69. The lowest BCUT2D eigenvalue weighted by molar-refractivity contribution is -0.120. The molecule has 0 aliphatic rings. The molecule has 0 fully saturated rings. The fraction of sp³-hybridized carbons (Fsp3) is 0.176. The van der Waals surface area contributed by atoms with Crippen molar-refractivity contribution >= 4 is 35.5 Å². The van der Waals surface area contributed by atoms with Crippen molar-refractivity contribution in [2.45, 2.75) is 17.9 Å². The molecular formula is C17H17ClN2OS. The second-order valence-corrected chi connectivity index (χ2v) is 6.43. The number of nitrogens with zero attached hydrogens (tertiary/aromatic N) is 1. The van der Waals surface area contributed by atoms with Crippen LogP contribution in [0.5, 0.6) is 0 Å². The first-order chi connectivity index (χ1) is 10.7. The van der Waals surface area contributed by atoms with Crippen LogP contribution in [0.2, 0.25) is 5.02 Å². The highest BCUT2D eigenvalue weighted by Crippen LogP contribution is 2.17. The van der Waals surface area contributed by atoms with E-state index in [4.69, 9.17) is 11.6 Å². The first-order valence-corrected chi connectivity index (χ1v) is 8.32. The fourth-order valence-corrected chi connectivity index (χ4v) is 2.73. The number of rotatable bonds is 6. The predicted molar refractivity (Wildman–Crippen MR) is 94.4 cm³/mol. The van der Waals surface area contributed by atoms with E-state index in [0.717, 1.165) is 11.3 Å². The van der Waals surface area contributed by atoms with Crippen molar-refractivity contribution in [3.05, 3.63) is 70.7 Å². The van der Waals surface area contributed by atoms with Crippen LogP contribution in [0.3, 0.4) is 0 Å². The van der Waals surface area contributed by atoms with Gasteiger partial charge in [-0.2, -0.15) is 5.10 Å². The van der Waals surface area contributed by atoms with Crippen molar-refractivity contribution in [3.8, 4) is 0 Å². The molecule has 114 valence electrons. The van der Waals surface area contributed by atoms with E-state index in [2.05, 4.69) is 10.5 Å². The Morgan fingerprint density at radius 1 is 1.23 bits per heavy atom. The summed E-state index contributed by atoms with van der Waals surface area (Å²) in [4.78, 5) is 12.0. The molecular weight excluding hydrogens is 316 g/mol. The molecule has 0 unspecified atom stereocenters. The van der Waals surface area contributed by atoms with Gasteiger partial charge in [-0.1, -0.05) is 60.1 Å².